The van der Waals surface area contributed by atoms with E-state index in [2.05, 4.69) is 36.3 Å². The summed E-state index contributed by atoms with van der Waals surface area (Å²) in [6.07, 6.45) is 2.35. The highest BCUT2D eigenvalue weighted by atomic mass is 35.5. The van der Waals surface area contributed by atoms with Gasteiger partial charge in [-0.3, -0.25) is 0 Å². The van der Waals surface area contributed by atoms with Gasteiger partial charge in [0.15, 0.2) is 11.0 Å². The number of hydrogen-bond donors (Lipinski definition) is 1. The lowest BCUT2D eigenvalue weighted by atomic mass is 10.0. The van der Waals surface area contributed by atoms with Gasteiger partial charge in [-0.2, -0.15) is 0 Å². The van der Waals surface area contributed by atoms with Gasteiger partial charge in [0.05, 0.1) is 0 Å². The summed E-state index contributed by atoms with van der Waals surface area (Å²) in [4.78, 5) is 0. The van der Waals surface area contributed by atoms with Gasteiger partial charge in [-0.25, -0.2) is 0 Å². The van der Waals surface area contributed by atoms with Crippen LogP contribution in [0.15, 0.2) is 0 Å². The Morgan fingerprint density at radius 2 is 1.71 bits per heavy atom. The number of aromatic nitrogens is 2. The molecule has 0 spiro atoms. The molecule has 1 unspecified atom stereocenters. The van der Waals surface area contributed by atoms with Crippen molar-refractivity contribution in [2.24, 2.45) is 5.92 Å². The number of rotatable bonds is 5. The Bertz CT molecular complexity index is 377. The Kier molecular flexibility index (Phi) is 5.19. The van der Waals surface area contributed by atoms with Crippen molar-refractivity contribution in [1.82, 2.24) is 10.2 Å². The second-order valence-electron chi connectivity index (χ2n) is 5.11. The number of nitrogens with one attached hydrogen (secondary N) is 1. The fourth-order valence-electron chi connectivity index (χ4n) is 1.60. The van der Waals surface area contributed by atoms with Gasteiger partial charge in [-0.15, -0.1) is 10.2 Å². The van der Waals surface area contributed by atoms with E-state index >= 15 is 0 Å². The van der Waals surface area contributed by atoms with Crippen LogP contribution in [-0.4, -0.2) is 16.2 Å². The summed E-state index contributed by atoms with van der Waals surface area (Å²) in [6.45, 7) is 10.6. The third-order valence-electron chi connectivity index (χ3n) is 3.03. The molecule has 0 saturated carbocycles. The van der Waals surface area contributed by atoms with Gasteiger partial charge in [-0.05, 0) is 50.7 Å². The summed E-state index contributed by atoms with van der Waals surface area (Å²) in [7, 11) is 0. The third-order valence-corrected chi connectivity index (χ3v) is 3.38. The number of hydrogen-bond acceptors (Lipinski definition) is 3. The highest BCUT2D eigenvalue weighted by Crippen LogP contribution is 2.21. The monoisotopic (exact) mass is 255 g/mol. The van der Waals surface area contributed by atoms with E-state index < -0.39 is 0 Å². The zero-order valence-electron chi connectivity index (χ0n) is 11.3. The summed E-state index contributed by atoms with van der Waals surface area (Å²) in [5.74, 6) is 1.58. The van der Waals surface area contributed by atoms with Gasteiger partial charge >= 0.3 is 0 Å². The van der Waals surface area contributed by atoms with Crippen LogP contribution in [0.5, 0.6) is 0 Å². The molecule has 0 amide bonds. The van der Waals surface area contributed by atoms with E-state index in [1.807, 2.05) is 13.8 Å². The van der Waals surface area contributed by atoms with Gasteiger partial charge in [0.2, 0.25) is 0 Å². The molecule has 0 aromatic carbocycles. The number of nitrogens with zero attached hydrogens (tertiary/aromatic N) is 2. The van der Waals surface area contributed by atoms with Crippen LogP contribution in [0.25, 0.3) is 0 Å². The van der Waals surface area contributed by atoms with Crippen LogP contribution < -0.4 is 5.32 Å². The van der Waals surface area contributed by atoms with E-state index in [-0.39, 0.29) is 0 Å². The summed E-state index contributed by atoms with van der Waals surface area (Å²) in [5, 5.41) is 11.9. The molecule has 1 rings (SSSR count). The van der Waals surface area contributed by atoms with Gasteiger partial charge in [0.1, 0.15) is 0 Å². The van der Waals surface area contributed by atoms with Crippen molar-refractivity contribution in [2.45, 2.75) is 53.5 Å². The van der Waals surface area contributed by atoms with E-state index in [1.165, 1.54) is 6.42 Å². The molecule has 0 aliphatic heterocycles. The van der Waals surface area contributed by atoms with Gasteiger partial charge in [0.25, 0.3) is 0 Å². The fraction of sp³-hybridized carbons (Fsp3) is 0.692. The Morgan fingerprint density at radius 1 is 1.06 bits per heavy atom. The Morgan fingerprint density at radius 3 is 2.29 bits per heavy atom. The van der Waals surface area contributed by atoms with Crippen molar-refractivity contribution in [3.63, 3.8) is 0 Å². The molecule has 1 atom stereocenters. The zero-order chi connectivity index (χ0) is 13.0. The minimum atomic E-state index is 0.408. The molecule has 1 aromatic heterocycles. The van der Waals surface area contributed by atoms with E-state index in [9.17, 15) is 0 Å². The Hall–Kier alpha value is -0.830. The summed E-state index contributed by atoms with van der Waals surface area (Å²) >= 11 is 5.92. The minimum Gasteiger partial charge on any atom is -0.366 e. The fourth-order valence-corrected chi connectivity index (χ4v) is 1.78. The van der Waals surface area contributed by atoms with Crippen LogP contribution in [-0.2, 0) is 0 Å². The highest BCUT2D eigenvalue weighted by Gasteiger charge is 2.10. The molecule has 1 aromatic rings. The predicted octanol–water partition coefficient (Wildman–Crippen LogP) is 3.98. The zero-order valence-corrected chi connectivity index (χ0v) is 12.1. The molecule has 3 nitrogen and oxygen atoms in total. The maximum atomic E-state index is 5.92. The van der Waals surface area contributed by atoms with Gasteiger partial charge in [0, 0.05) is 6.04 Å². The molecule has 0 aliphatic carbocycles. The maximum absolute atomic E-state index is 5.92. The van der Waals surface area contributed by atoms with Crippen LogP contribution in [0.1, 0.15) is 44.7 Å². The lowest BCUT2D eigenvalue weighted by molar-refractivity contribution is 0.526. The Labute approximate surface area is 109 Å². The highest BCUT2D eigenvalue weighted by molar-refractivity contribution is 6.30. The molecule has 0 bridgehead atoms. The predicted molar refractivity (Wildman–Crippen MR) is 73.7 cm³/mol. The number of halogens is 1. The maximum Gasteiger partial charge on any atom is 0.155 e. The largest absolute Gasteiger partial charge is 0.366 e. The van der Waals surface area contributed by atoms with E-state index in [0.717, 1.165) is 29.3 Å². The van der Waals surface area contributed by atoms with E-state index in [4.69, 9.17) is 11.6 Å². The quantitative estimate of drug-likeness (QED) is 0.865. The molecule has 0 radical (unpaired) electrons. The van der Waals surface area contributed by atoms with Gasteiger partial charge < -0.3 is 5.32 Å². The molecule has 0 aliphatic rings. The molecule has 1 N–H and O–H groups in total. The van der Waals surface area contributed by atoms with Crippen LogP contribution in [0.4, 0.5) is 5.82 Å². The molecule has 0 saturated heterocycles. The first-order valence-corrected chi connectivity index (χ1v) is 6.55. The van der Waals surface area contributed by atoms with E-state index in [1.54, 1.807) is 0 Å². The second-order valence-corrected chi connectivity index (χ2v) is 5.46. The first kappa shape index (κ1) is 14.2. The van der Waals surface area contributed by atoms with Crippen LogP contribution in [0.3, 0.4) is 0 Å². The summed E-state index contributed by atoms with van der Waals surface area (Å²) in [5.41, 5.74) is 2.08. The van der Waals surface area contributed by atoms with E-state index in [0.29, 0.717) is 11.2 Å². The van der Waals surface area contributed by atoms with Crippen molar-refractivity contribution in [2.75, 3.05) is 5.32 Å². The molecule has 17 heavy (non-hydrogen) atoms. The van der Waals surface area contributed by atoms with Gasteiger partial charge in [-0.1, -0.05) is 25.4 Å². The normalized spacial score (nSPS) is 12.9. The lowest BCUT2D eigenvalue weighted by Gasteiger charge is -2.17. The van der Waals surface area contributed by atoms with Crippen molar-refractivity contribution in [3.05, 3.63) is 16.3 Å². The van der Waals surface area contributed by atoms with Crippen LogP contribution in [0, 0.1) is 19.8 Å². The first-order chi connectivity index (χ1) is 7.91. The average molecular weight is 256 g/mol. The third kappa shape index (κ3) is 4.15. The van der Waals surface area contributed by atoms with Crippen molar-refractivity contribution >= 4 is 17.4 Å². The number of anilines is 1. The molecular formula is C13H22ClN3. The standard InChI is InChI=1S/C13H22ClN3/c1-8(2)6-7-9(3)15-13-11(5)10(4)12(14)16-17-13/h8-9H,6-7H2,1-5H3,(H,15,17). The summed E-state index contributed by atoms with van der Waals surface area (Å²) < 4.78 is 0. The smallest absolute Gasteiger partial charge is 0.155 e. The lowest BCUT2D eigenvalue weighted by Crippen LogP contribution is -2.18. The molecule has 0 fully saturated rings. The minimum absolute atomic E-state index is 0.408. The van der Waals surface area contributed by atoms with Crippen LogP contribution >= 0.6 is 11.6 Å². The molecule has 4 heteroatoms. The molecule has 1 heterocycles. The van der Waals surface area contributed by atoms with Crippen molar-refractivity contribution in [3.8, 4) is 0 Å². The molecular weight excluding hydrogens is 234 g/mol. The molecule has 96 valence electrons. The first-order valence-electron chi connectivity index (χ1n) is 6.17. The van der Waals surface area contributed by atoms with Crippen LogP contribution in [0.2, 0.25) is 5.15 Å². The second kappa shape index (κ2) is 6.20. The average Bonchev–Trinajstić information content (AvgIpc) is 2.27. The van der Waals surface area contributed by atoms with Crippen molar-refractivity contribution in [1.29, 1.82) is 0 Å². The Balaban J connectivity index is 2.65. The van der Waals surface area contributed by atoms with Crippen molar-refractivity contribution < 1.29 is 0 Å². The SMILES string of the molecule is Cc1c(Cl)nnc(NC(C)CCC(C)C)c1C. The summed E-state index contributed by atoms with van der Waals surface area (Å²) in [6, 6.07) is 0.408. The topological polar surface area (TPSA) is 37.8 Å².